The maximum Gasteiger partial charge on any atom is 0.352 e. The van der Waals surface area contributed by atoms with E-state index in [0.29, 0.717) is 5.69 Å². The van der Waals surface area contributed by atoms with Gasteiger partial charge in [0.2, 0.25) is 0 Å². The lowest BCUT2D eigenvalue weighted by Crippen LogP contribution is -2.14. The monoisotopic (exact) mass is 591 g/mol. The largest absolute Gasteiger partial charge is 0.477 e. The number of H-pyrrole nitrogens is 3. The molecule has 0 saturated carbocycles. The lowest BCUT2D eigenvalue weighted by Gasteiger charge is -2.19. The summed E-state index contributed by atoms with van der Waals surface area (Å²) in [6.45, 7) is 10.4. The second kappa shape index (κ2) is 20.7. The zero-order valence-electron chi connectivity index (χ0n) is 23.6. The third kappa shape index (κ3) is 16.6. The Morgan fingerprint density at radius 1 is 0.900 bits per heavy atom. The van der Waals surface area contributed by atoms with Crippen LogP contribution in [0.15, 0.2) is 90.0 Å². The highest BCUT2D eigenvalue weighted by molar-refractivity contribution is 6.67. The van der Waals surface area contributed by atoms with Crippen LogP contribution in [-0.4, -0.2) is 43.2 Å². The Labute approximate surface area is 250 Å². The molecule has 0 saturated heterocycles. The van der Waals surface area contributed by atoms with Crippen LogP contribution >= 0.6 is 23.2 Å². The zero-order chi connectivity index (χ0) is 30.5. The number of allylic oxidation sites excluding steroid dienone is 1. The van der Waals surface area contributed by atoms with E-state index in [0.717, 1.165) is 17.3 Å². The maximum absolute atomic E-state index is 10.2. The normalized spacial score (nSPS) is 8.88. The minimum absolute atomic E-state index is 0. The van der Waals surface area contributed by atoms with Gasteiger partial charge in [-0.25, -0.2) is 4.79 Å². The molecular weight excluding hydrogens is 549 g/mol. The molecule has 0 spiro atoms. The molecule has 0 amide bonds. The first-order valence-corrected chi connectivity index (χ1v) is 12.9. The van der Waals surface area contributed by atoms with Crippen LogP contribution in [0.5, 0.6) is 0 Å². The fourth-order valence-electron chi connectivity index (χ4n) is 2.75. The molecule has 4 N–H and O–H groups in total. The van der Waals surface area contributed by atoms with Crippen molar-refractivity contribution >= 4 is 34.4 Å². The molecule has 0 bridgehead atoms. The highest BCUT2D eigenvalue weighted by Gasteiger charge is 2.04. The van der Waals surface area contributed by atoms with Gasteiger partial charge < -0.3 is 25.0 Å². The number of nitriles is 1. The third-order valence-corrected chi connectivity index (χ3v) is 5.55. The molecule has 4 aromatic rings. The molecule has 0 aliphatic carbocycles. The molecule has 1 aromatic carbocycles. The van der Waals surface area contributed by atoms with Crippen LogP contribution < -0.4 is 0 Å². The predicted octanol–water partition coefficient (Wildman–Crippen LogP) is 8.61. The number of benzene rings is 1. The number of aromatic nitrogens is 3. The van der Waals surface area contributed by atoms with Crippen LogP contribution in [-0.2, 0) is 6.54 Å². The zero-order valence-corrected chi connectivity index (χ0v) is 25.1. The van der Waals surface area contributed by atoms with E-state index in [-0.39, 0.29) is 9.97 Å². The average molecular weight is 593 g/mol. The lowest BCUT2D eigenvalue weighted by atomic mass is 10.1. The van der Waals surface area contributed by atoms with Crippen molar-refractivity contribution in [3.05, 3.63) is 118 Å². The number of rotatable bonds is 5. The molecule has 0 aliphatic heterocycles. The molecule has 8 nitrogen and oxygen atoms in total. The van der Waals surface area contributed by atoms with Gasteiger partial charge in [0.1, 0.15) is 10.9 Å². The summed E-state index contributed by atoms with van der Waals surface area (Å²) in [6, 6.07) is 20.8. The number of nitrogens with zero attached hydrogens (tertiary/aromatic N) is 2. The van der Waals surface area contributed by atoms with Crippen molar-refractivity contribution in [1.29, 1.82) is 5.26 Å². The van der Waals surface area contributed by atoms with Crippen molar-refractivity contribution in [1.82, 2.24) is 19.9 Å². The molecule has 0 fully saturated rings. The summed E-state index contributed by atoms with van der Waals surface area (Å²) in [6.07, 6.45) is 5.13. The Kier molecular flexibility index (Phi) is 18.6. The van der Waals surface area contributed by atoms with Gasteiger partial charge in [-0.05, 0) is 86.8 Å². The standard InChI is InChI=1S/C13H18ClN.C5H4ClNO.C5H5NO2.C5H7N.C2H3N.3H2/c1-10(2)13(14)15(4)9-12-7-5-11(3)6-8-12;6-5(8)4-2-1-3-7-4;7-5(8)4-2-1-3-6-4;1-5-3-2-4-6-5;1-2-3;;;/h5-8H,9H2,1-4H3;1-3,7H;1-3,6H,(H,7,8);2-4,6H,1H3;1H3;3*1H. The van der Waals surface area contributed by atoms with Gasteiger partial charge >= 0.3 is 5.97 Å². The first-order valence-electron chi connectivity index (χ1n) is 12.1. The second-order valence-electron chi connectivity index (χ2n) is 8.46. The summed E-state index contributed by atoms with van der Waals surface area (Å²) in [7, 11) is 2.01. The molecule has 0 atom stereocenters. The second-order valence-corrected chi connectivity index (χ2v) is 9.16. The van der Waals surface area contributed by atoms with E-state index in [1.54, 1.807) is 36.7 Å². The van der Waals surface area contributed by atoms with Gasteiger partial charge in [-0.1, -0.05) is 41.4 Å². The van der Waals surface area contributed by atoms with Crippen LogP contribution in [0.4, 0.5) is 0 Å². The first kappa shape index (κ1) is 35.8. The fraction of sp³-hybridized carbons (Fsp3) is 0.233. The summed E-state index contributed by atoms with van der Waals surface area (Å²) < 4.78 is 0. The number of carbonyl (C=O) groups excluding carboxylic acids is 1. The molecule has 0 aliphatic rings. The predicted molar refractivity (Wildman–Crippen MR) is 169 cm³/mol. The number of aryl methyl sites for hydroxylation is 2. The number of aromatic amines is 3. The Bertz CT molecular complexity index is 1260. The van der Waals surface area contributed by atoms with E-state index >= 15 is 0 Å². The number of halogens is 2. The van der Waals surface area contributed by atoms with Crippen LogP contribution in [0.1, 0.15) is 62.8 Å². The summed E-state index contributed by atoms with van der Waals surface area (Å²) in [5.74, 6) is -0.921. The molecule has 3 aromatic heterocycles. The van der Waals surface area contributed by atoms with Crippen molar-refractivity contribution in [3.8, 4) is 6.07 Å². The van der Waals surface area contributed by atoms with E-state index in [9.17, 15) is 9.59 Å². The van der Waals surface area contributed by atoms with Gasteiger partial charge in [-0.15, -0.1) is 0 Å². The summed E-state index contributed by atoms with van der Waals surface area (Å²) in [5.41, 5.74) is 5.59. The molecule has 40 heavy (non-hydrogen) atoms. The van der Waals surface area contributed by atoms with E-state index in [2.05, 4.69) is 51.0 Å². The molecule has 4 rings (SSSR count). The van der Waals surface area contributed by atoms with Gasteiger partial charge in [-0.2, -0.15) is 5.26 Å². The highest BCUT2D eigenvalue weighted by atomic mass is 35.5. The average Bonchev–Trinajstić information content (AvgIpc) is 3.70. The number of carboxylic acid groups (broad SMARTS) is 1. The smallest absolute Gasteiger partial charge is 0.352 e. The molecule has 3 heterocycles. The van der Waals surface area contributed by atoms with Crippen LogP contribution in [0.25, 0.3) is 0 Å². The van der Waals surface area contributed by atoms with Crippen LogP contribution in [0.3, 0.4) is 0 Å². The number of carboxylic acids is 1. The summed E-state index contributed by atoms with van der Waals surface area (Å²) >= 11 is 11.2. The molecule has 0 radical (unpaired) electrons. The third-order valence-electron chi connectivity index (χ3n) is 4.68. The lowest BCUT2D eigenvalue weighted by molar-refractivity contribution is 0.0691. The van der Waals surface area contributed by atoms with E-state index in [4.69, 9.17) is 33.6 Å². The van der Waals surface area contributed by atoms with Crippen LogP contribution in [0.2, 0.25) is 0 Å². The van der Waals surface area contributed by atoms with Crippen LogP contribution in [0, 0.1) is 25.2 Å². The van der Waals surface area contributed by atoms with Gasteiger partial charge in [0.05, 0.1) is 11.8 Å². The van der Waals surface area contributed by atoms with E-state index in [1.807, 2.05) is 46.1 Å². The minimum atomic E-state index is -0.921. The Morgan fingerprint density at radius 3 is 1.65 bits per heavy atom. The molecule has 0 unspecified atom stereocenters. The number of carbonyl (C=O) groups is 2. The quantitative estimate of drug-likeness (QED) is 0.136. The van der Waals surface area contributed by atoms with Gasteiger partial charge in [-0.3, -0.25) is 4.79 Å². The van der Waals surface area contributed by atoms with E-state index < -0.39 is 11.2 Å². The molecular formula is C30H43Cl2N5O3. The van der Waals surface area contributed by atoms with Crippen molar-refractivity contribution in [3.63, 3.8) is 0 Å². The molecule has 10 heteroatoms. The van der Waals surface area contributed by atoms with Gasteiger partial charge in [0.15, 0.2) is 0 Å². The molecule has 220 valence electrons. The Morgan fingerprint density at radius 2 is 1.38 bits per heavy atom. The minimum Gasteiger partial charge on any atom is -0.477 e. The Hall–Kier alpha value is -4.19. The first-order chi connectivity index (χ1) is 18.9. The topological polar surface area (TPSA) is 129 Å². The SMILES string of the molecule is CC#N.CC(C)=C(Cl)N(C)Cc1ccc(C)cc1.Cc1ccc[nH]1.O=C(Cl)c1ccc[nH]1.O=C(O)c1ccc[nH]1.[HH].[HH].[HH]. The number of hydrogen-bond donors (Lipinski definition) is 4. The van der Waals surface area contributed by atoms with Crippen molar-refractivity contribution in [2.75, 3.05) is 7.05 Å². The number of aromatic carboxylic acids is 1. The van der Waals surface area contributed by atoms with Crippen molar-refractivity contribution < 1.29 is 19.0 Å². The van der Waals surface area contributed by atoms with Crippen molar-refractivity contribution in [2.45, 2.75) is 41.2 Å². The van der Waals surface area contributed by atoms with Gasteiger partial charge in [0.25, 0.3) is 5.24 Å². The number of hydrogen-bond acceptors (Lipinski definition) is 4. The summed E-state index contributed by atoms with van der Waals surface area (Å²) in [5, 5.41) is 15.9. The fourth-order valence-corrected chi connectivity index (χ4v) is 2.93. The van der Waals surface area contributed by atoms with Crippen molar-refractivity contribution in [2.24, 2.45) is 0 Å². The highest BCUT2D eigenvalue weighted by Crippen LogP contribution is 2.16. The summed E-state index contributed by atoms with van der Waals surface area (Å²) in [4.78, 5) is 30.5. The number of nitrogens with one attached hydrogen (secondary N) is 3. The van der Waals surface area contributed by atoms with Gasteiger partial charge in [0, 0.05) is 49.1 Å². The maximum atomic E-state index is 10.2. The van der Waals surface area contributed by atoms with E-state index in [1.165, 1.54) is 29.8 Å². The Balaban J connectivity index is -0.000000235.